The van der Waals surface area contributed by atoms with Crippen LogP contribution in [0.4, 0.5) is 5.69 Å². The van der Waals surface area contributed by atoms with Crippen LogP contribution in [0.3, 0.4) is 0 Å². The molecule has 0 unspecified atom stereocenters. The summed E-state index contributed by atoms with van der Waals surface area (Å²) in [4.78, 5) is 27.1. The molecule has 0 bridgehead atoms. The van der Waals surface area contributed by atoms with E-state index in [2.05, 4.69) is 0 Å². The van der Waals surface area contributed by atoms with E-state index in [0.29, 0.717) is 6.61 Å². The summed E-state index contributed by atoms with van der Waals surface area (Å²) in [6, 6.07) is 4.14. The van der Waals surface area contributed by atoms with Crippen LogP contribution in [0.25, 0.3) is 0 Å². The van der Waals surface area contributed by atoms with Crippen LogP contribution >= 0.6 is 0 Å². The van der Waals surface area contributed by atoms with Crippen LogP contribution in [0.1, 0.15) is 10.4 Å². The molecule has 21 heavy (non-hydrogen) atoms. The highest BCUT2D eigenvalue weighted by atomic mass is 16.5. The van der Waals surface area contributed by atoms with Crippen LogP contribution in [0.5, 0.6) is 5.75 Å². The van der Waals surface area contributed by atoms with Gasteiger partial charge in [0.05, 0.1) is 12.2 Å². The summed E-state index contributed by atoms with van der Waals surface area (Å²) in [6.07, 6.45) is 0. The van der Waals surface area contributed by atoms with Crippen LogP contribution in [-0.2, 0) is 9.53 Å². The van der Waals surface area contributed by atoms with Gasteiger partial charge in [-0.05, 0) is 18.2 Å². The Balaban J connectivity index is 2.98. The lowest BCUT2D eigenvalue weighted by atomic mass is 10.1. The molecule has 0 atom stereocenters. The van der Waals surface area contributed by atoms with Crippen molar-refractivity contribution in [1.82, 2.24) is 9.80 Å². The highest BCUT2D eigenvalue weighted by molar-refractivity contribution is 6.01. The van der Waals surface area contributed by atoms with Crippen molar-refractivity contribution in [3.05, 3.63) is 23.8 Å². The van der Waals surface area contributed by atoms with Gasteiger partial charge in [-0.25, -0.2) is 0 Å². The molecule has 0 aliphatic carbocycles. The van der Waals surface area contributed by atoms with E-state index in [-0.39, 0.29) is 36.0 Å². The number of benzene rings is 1. The minimum absolute atomic E-state index is 0.0572. The number of methoxy groups -OCH3 is 1. The first-order valence-corrected chi connectivity index (χ1v) is 6.43. The predicted molar refractivity (Wildman–Crippen MR) is 79.0 cm³/mol. The molecule has 0 fully saturated rings. The van der Waals surface area contributed by atoms with Crippen molar-refractivity contribution in [2.24, 2.45) is 0 Å². The number of anilines is 1. The molecule has 0 saturated heterocycles. The third kappa shape index (κ3) is 4.64. The van der Waals surface area contributed by atoms with E-state index >= 15 is 0 Å². The standard InChI is InChI=1S/C14H21N3O4/c1-16(2)13(19)9-17(6-7-21-3)14(20)11-8-10(18)4-5-12(11)15/h4-5,8,18H,6-7,9,15H2,1-3H3. The van der Waals surface area contributed by atoms with Crippen LogP contribution in [0.2, 0.25) is 0 Å². The SMILES string of the molecule is COCCN(CC(=O)N(C)C)C(=O)c1cc(O)ccc1N. The molecule has 7 heteroatoms. The molecule has 0 saturated carbocycles. The Hall–Kier alpha value is -2.28. The number of ether oxygens (including phenoxy) is 1. The van der Waals surface area contributed by atoms with Gasteiger partial charge in [0.25, 0.3) is 5.91 Å². The van der Waals surface area contributed by atoms with Crippen molar-refractivity contribution in [3.63, 3.8) is 0 Å². The zero-order valence-corrected chi connectivity index (χ0v) is 12.5. The van der Waals surface area contributed by atoms with Crippen molar-refractivity contribution < 1.29 is 19.4 Å². The van der Waals surface area contributed by atoms with Gasteiger partial charge in [0.2, 0.25) is 5.91 Å². The first kappa shape index (κ1) is 16.8. The molecular formula is C14H21N3O4. The summed E-state index contributed by atoms with van der Waals surface area (Å²) < 4.78 is 4.95. The van der Waals surface area contributed by atoms with Crippen LogP contribution < -0.4 is 5.73 Å². The molecule has 116 valence electrons. The topological polar surface area (TPSA) is 96.1 Å². The van der Waals surface area contributed by atoms with E-state index in [4.69, 9.17) is 10.5 Å². The van der Waals surface area contributed by atoms with Gasteiger partial charge in [-0.3, -0.25) is 9.59 Å². The Morgan fingerprint density at radius 2 is 2.00 bits per heavy atom. The molecule has 1 rings (SSSR count). The number of nitrogens with zero attached hydrogens (tertiary/aromatic N) is 2. The number of likely N-dealkylation sites (N-methyl/N-ethyl adjacent to an activating group) is 1. The van der Waals surface area contributed by atoms with Gasteiger partial charge in [-0.1, -0.05) is 0 Å². The summed E-state index contributed by atoms with van der Waals surface area (Å²) >= 11 is 0. The molecule has 0 aromatic heterocycles. The average Bonchev–Trinajstić information content (AvgIpc) is 2.44. The van der Waals surface area contributed by atoms with E-state index in [1.165, 1.54) is 35.1 Å². The largest absolute Gasteiger partial charge is 0.508 e. The Morgan fingerprint density at radius 1 is 1.33 bits per heavy atom. The maximum Gasteiger partial charge on any atom is 0.256 e. The van der Waals surface area contributed by atoms with Gasteiger partial charge >= 0.3 is 0 Å². The second-order valence-electron chi connectivity index (χ2n) is 4.78. The first-order valence-electron chi connectivity index (χ1n) is 6.43. The molecule has 0 aliphatic heterocycles. The predicted octanol–water partition coefficient (Wildman–Crippen LogP) is 0.151. The Labute approximate surface area is 123 Å². The second kappa shape index (κ2) is 7.49. The van der Waals surface area contributed by atoms with Crippen LogP contribution in [-0.4, -0.2) is 67.6 Å². The fourth-order valence-electron chi connectivity index (χ4n) is 1.66. The molecule has 0 aliphatic rings. The average molecular weight is 295 g/mol. The number of carbonyl (C=O) groups is 2. The van der Waals surface area contributed by atoms with E-state index in [0.717, 1.165) is 0 Å². The van der Waals surface area contributed by atoms with E-state index in [1.54, 1.807) is 14.1 Å². The highest BCUT2D eigenvalue weighted by Crippen LogP contribution is 2.20. The molecule has 2 amide bonds. The zero-order chi connectivity index (χ0) is 16.0. The lowest BCUT2D eigenvalue weighted by molar-refractivity contribution is -0.129. The van der Waals surface area contributed by atoms with Crippen LogP contribution in [0, 0.1) is 0 Å². The van der Waals surface area contributed by atoms with Crippen molar-refractivity contribution in [2.75, 3.05) is 46.6 Å². The van der Waals surface area contributed by atoms with Crippen molar-refractivity contribution in [2.45, 2.75) is 0 Å². The number of hydrogen-bond donors (Lipinski definition) is 2. The van der Waals surface area contributed by atoms with Crippen LogP contribution in [0.15, 0.2) is 18.2 Å². The molecule has 7 nitrogen and oxygen atoms in total. The van der Waals surface area contributed by atoms with Gasteiger partial charge in [0.1, 0.15) is 12.3 Å². The van der Waals surface area contributed by atoms with E-state index < -0.39 is 5.91 Å². The number of rotatable bonds is 6. The minimum atomic E-state index is -0.421. The van der Waals surface area contributed by atoms with E-state index in [1.807, 2.05) is 0 Å². The molecule has 0 radical (unpaired) electrons. The minimum Gasteiger partial charge on any atom is -0.508 e. The van der Waals surface area contributed by atoms with Crippen molar-refractivity contribution in [1.29, 1.82) is 0 Å². The molecule has 3 N–H and O–H groups in total. The number of phenolic OH excluding ortho intramolecular Hbond substituents is 1. The quantitative estimate of drug-likeness (QED) is 0.575. The lowest BCUT2D eigenvalue weighted by Crippen LogP contribution is -2.42. The summed E-state index contributed by atoms with van der Waals surface area (Å²) in [5.41, 5.74) is 6.17. The number of hydrogen-bond acceptors (Lipinski definition) is 5. The maximum atomic E-state index is 12.5. The summed E-state index contributed by atoms with van der Waals surface area (Å²) in [5, 5.41) is 9.49. The summed E-state index contributed by atoms with van der Waals surface area (Å²) in [7, 11) is 4.74. The molecule has 0 heterocycles. The molecular weight excluding hydrogens is 274 g/mol. The van der Waals surface area contributed by atoms with Crippen molar-refractivity contribution in [3.8, 4) is 5.75 Å². The first-order chi connectivity index (χ1) is 9.86. The second-order valence-corrected chi connectivity index (χ2v) is 4.78. The van der Waals surface area contributed by atoms with Gasteiger partial charge < -0.3 is 25.4 Å². The monoisotopic (exact) mass is 295 g/mol. The summed E-state index contributed by atoms with van der Waals surface area (Å²) in [5.74, 6) is -0.688. The van der Waals surface area contributed by atoms with Gasteiger partial charge in [0.15, 0.2) is 0 Å². The number of nitrogens with two attached hydrogens (primary N) is 1. The van der Waals surface area contributed by atoms with Gasteiger partial charge in [0, 0.05) is 33.4 Å². The fraction of sp³-hybridized carbons (Fsp3) is 0.429. The number of aromatic hydroxyl groups is 1. The Bertz CT molecular complexity index is 517. The molecule has 1 aromatic carbocycles. The number of carbonyl (C=O) groups excluding carboxylic acids is 2. The molecule has 1 aromatic rings. The van der Waals surface area contributed by atoms with E-state index in [9.17, 15) is 14.7 Å². The Morgan fingerprint density at radius 3 is 2.57 bits per heavy atom. The third-order valence-corrected chi connectivity index (χ3v) is 2.94. The van der Waals surface area contributed by atoms with Gasteiger partial charge in [-0.15, -0.1) is 0 Å². The highest BCUT2D eigenvalue weighted by Gasteiger charge is 2.21. The normalized spacial score (nSPS) is 10.2. The zero-order valence-electron chi connectivity index (χ0n) is 12.5. The number of amides is 2. The lowest BCUT2D eigenvalue weighted by Gasteiger charge is -2.24. The smallest absolute Gasteiger partial charge is 0.256 e. The Kier molecular flexibility index (Phi) is 5.98. The molecule has 0 spiro atoms. The number of nitrogen functional groups attached to an aromatic ring is 1. The summed E-state index contributed by atoms with van der Waals surface area (Å²) in [6.45, 7) is 0.472. The number of phenols is 1. The fourth-order valence-corrected chi connectivity index (χ4v) is 1.66. The van der Waals surface area contributed by atoms with Crippen molar-refractivity contribution >= 4 is 17.5 Å². The van der Waals surface area contributed by atoms with Gasteiger partial charge in [-0.2, -0.15) is 0 Å². The third-order valence-electron chi connectivity index (χ3n) is 2.94. The maximum absolute atomic E-state index is 12.5.